The van der Waals surface area contributed by atoms with Crippen LogP contribution in [0.25, 0.3) is 5.69 Å². The van der Waals surface area contributed by atoms with E-state index in [0.29, 0.717) is 5.69 Å². The second-order valence-electron chi connectivity index (χ2n) is 5.49. The molecule has 2 amide bonds. The van der Waals surface area contributed by atoms with Crippen LogP contribution in [0.4, 0.5) is 13.2 Å². The Kier molecular flexibility index (Phi) is 5.99. The highest BCUT2D eigenvalue weighted by atomic mass is 32.2. The first-order valence-corrected chi connectivity index (χ1v) is 8.88. The number of halogens is 3. The van der Waals surface area contributed by atoms with Gasteiger partial charge in [-0.05, 0) is 42.5 Å². The molecule has 6 nitrogen and oxygen atoms in total. The van der Waals surface area contributed by atoms with Crippen molar-refractivity contribution in [2.75, 3.05) is 5.75 Å². The maximum absolute atomic E-state index is 13.5. The van der Waals surface area contributed by atoms with Crippen LogP contribution in [0.1, 0.15) is 10.5 Å². The normalized spacial score (nSPS) is 10.5. The predicted molar refractivity (Wildman–Crippen MR) is 96.2 cm³/mol. The second kappa shape index (κ2) is 8.61. The molecule has 10 heteroatoms. The van der Waals surface area contributed by atoms with Crippen molar-refractivity contribution in [3.63, 3.8) is 0 Å². The van der Waals surface area contributed by atoms with Gasteiger partial charge in [0.2, 0.25) is 5.91 Å². The largest absolute Gasteiger partial charge is 0.295 e. The van der Waals surface area contributed by atoms with Crippen LogP contribution in [0.3, 0.4) is 0 Å². The minimum absolute atomic E-state index is 0.0177. The van der Waals surface area contributed by atoms with Crippen LogP contribution < -0.4 is 10.9 Å². The Morgan fingerprint density at radius 3 is 2.46 bits per heavy atom. The lowest BCUT2D eigenvalue weighted by Crippen LogP contribution is -2.43. The molecule has 0 bridgehead atoms. The number of hydrogen-bond acceptors (Lipinski definition) is 4. The van der Waals surface area contributed by atoms with Crippen molar-refractivity contribution in [1.82, 2.24) is 20.4 Å². The highest BCUT2D eigenvalue weighted by Crippen LogP contribution is 2.22. The first-order valence-electron chi connectivity index (χ1n) is 7.89. The predicted octanol–water partition coefficient (Wildman–Crippen LogP) is 2.84. The summed E-state index contributed by atoms with van der Waals surface area (Å²) in [6.07, 6.45) is 2.65. The Balaban J connectivity index is 1.57. The summed E-state index contributed by atoms with van der Waals surface area (Å²) in [6, 6.07) is 8.33. The van der Waals surface area contributed by atoms with Gasteiger partial charge in [-0.1, -0.05) is 0 Å². The third kappa shape index (κ3) is 4.71. The highest BCUT2D eigenvalue weighted by molar-refractivity contribution is 8.00. The third-order valence-electron chi connectivity index (χ3n) is 3.54. The van der Waals surface area contributed by atoms with Gasteiger partial charge >= 0.3 is 0 Å². The van der Waals surface area contributed by atoms with Gasteiger partial charge < -0.3 is 0 Å². The van der Waals surface area contributed by atoms with Crippen molar-refractivity contribution in [3.8, 4) is 5.69 Å². The summed E-state index contributed by atoms with van der Waals surface area (Å²) in [5, 5.41) is 0. The molecule has 0 spiro atoms. The number of amides is 2. The van der Waals surface area contributed by atoms with Gasteiger partial charge in [0.15, 0.2) is 0 Å². The first-order chi connectivity index (χ1) is 13.4. The van der Waals surface area contributed by atoms with Crippen LogP contribution in [0.15, 0.2) is 59.9 Å². The number of nitrogens with one attached hydrogen (secondary N) is 2. The van der Waals surface area contributed by atoms with Gasteiger partial charge in [0.1, 0.15) is 23.1 Å². The smallest absolute Gasteiger partial charge is 0.288 e. The van der Waals surface area contributed by atoms with Gasteiger partial charge in [-0.3, -0.25) is 25.0 Å². The minimum atomic E-state index is -0.655. The van der Waals surface area contributed by atoms with Crippen LogP contribution >= 0.6 is 11.8 Å². The summed E-state index contributed by atoms with van der Waals surface area (Å²) in [5.41, 5.74) is 5.01. The standard InChI is InChI=1S/C18H13F3N4O2S/c19-11-1-4-13(5-2-11)25-10-22-8-15(25)18(27)24-23-17(26)9-28-16-7-12(20)3-6-14(16)21/h1-8,10H,9H2,(H,23,26)(H,24,27). The van der Waals surface area contributed by atoms with E-state index >= 15 is 0 Å². The van der Waals surface area contributed by atoms with E-state index in [1.165, 1.54) is 41.4 Å². The van der Waals surface area contributed by atoms with E-state index in [2.05, 4.69) is 15.8 Å². The van der Waals surface area contributed by atoms with E-state index in [9.17, 15) is 22.8 Å². The average Bonchev–Trinajstić information content (AvgIpc) is 3.17. The summed E-state index contributed by atoms with van der Waals surface area (Å²) >= 11 is 0.788. The summed E-state index contributed by atoms with van der Waals surface area (Å²) in [7, 11) is 0. The van der Waals surface area contributed by atoms with Gasteiger partial charge in [0, 0.05) is 10.6 Å². The Bertz CT molecular complexity index is 1010. The summed E-state index contributed by atoms with van der Waals surface area (Å²) in [6.45, 7) is 0. The number of nitrogens with zero attached hydrogens (tertiary/aromatic N) is 2. The van der Waals surface area contributed by atoms with E-state index in [1.807, 2.05) is 0 Å². The van der Waals surface area contributed by atoms with E-state index in [-0.39, 0.29) is 16.3 Å². The molecule has 0 aliphatic carbocycles. The zero-order valence-corrected chi connectivity index (χ0v) is 15.0. The zero-order chi connectivity index (χ0) is 20.1. The van der Waals surface area contributed by atoms with Crippen molar-refractivity contribution in [1.29, 1.82) is 0 Å². The second-order valence-corrected chi connectivity index (χ2v) is 6.51. The quantitative estimate of drug-likeness (QED) is 0.505. The van der Waals surface area contributed by atoms with Crippen molar-refractivity contribution in [2.24, 2.45) is 0 Å². The molecule has 0 aliphatic rings. The summed E-state index contributed by atoms with van der Waals surface area (Å²) < 4.78 is 41.1. The Morgan fingerprint density at radius 2 is 1.71 bits per heavy atom. The Morgan fingerprint density at radius 1 is 1.00 bits per heavy atom. The molecule has 0 unspecified atom stereocenters. The molecule has 0 aliphatic heterocycles. The molecule has 2 aromatic carbocycles. The maximum atomic E-state index is 13.5. The van der Waals surface area contributed by atoms with Crippen molar-refractivity contribution in [2.45, 2.75) is 4.90 Å². The molecule has 0 fully saturated rings. The topological polar surface area (TPSA) is 76.0 Å². The molecule has 144 valence electrons. The number of carbonyl (C=O) groups excluding carboxylic acids is 2. The fourth-order valence-corrected chi connectivity index (χ4v) is 2.99. The third-order valence-corrected chi connectivity index (χ3v) is 4.57. The molecule has 1 heterocycles. The van der Waals surface area contributed by atoms with E-state index in [1.54, 1.807) is 0 Å². The lowest BCUT2D eigenvalue weighted by atomic mass is 10.3. The minimum Gasteiger partial charge on any atom is -0.295 e. The number of imidazole rings is 1. The summed E-state index contributed by atoms with van der Waals surface area (Å²) in [5.74, 6) is -3.20. The van der Waals surface area contributed by atoms with Crippen LogP contribution in [0, 0.1) is 17.5 Å². The molecule has 3 aromatic rings. The van der Waals surface area contributed by atoms with Crippen LogP contribution in [-0.2, 0) is 4.79 Å². The number of hydrogen-bond donors (Lipinski definition) is 2. The van der Waals surface area contributed by atoms with Gasteiger partial charge in [-0.2, -0.15) is 0 Å². The number of hydrazine groups is 1. The lowest BCUT2D eigenvalue weighted by molar-refractivity contribution is -0.119. The van der Waals surface area contributed by atoms with Crippen LogP contribution in [-0.4, -0.2) is 27.1 Å². The SMILES string of the molecule is O=C(CSc1cc(F)ccc1F)NNC(=O)c1cncn1-c1ccc(F)cc1. The molecule has 0 radical (unpaired) electrons. The molecule has 0 atom stereocenters. The number of benzene rings is 2. The molecule has 3 rings (SSSR count). The van der Waals surface area contributed by atoms with Crippen molar-refractivity contribution < 1.29 is 22.8 Å². The van der Waals surface area contributed by atoms with Gasteiger partial charge in [0.05, 0.1) is 18.3 Å². The van der Waals surface area contributed by atoms with Gasteiger partial charge in [-0.25, -0.2) is 18.2 Å². The number of aromatic nitrogens is 2. The average molecular weight is 406 g/mol. The lowest BCUT2D eigenvalue weighted by Gasteiger charge is -2.10. The molecular weight excluding hydrogens is 393 g/mol. The molecule has 1 aromatic heterocycles. The van der Waals surface area contributed by atoms with E-state index in [0.717, 1.165) is 30.0 Å². The Labute approximate surface area is 161 Å². The van der Waals surface area contributed by atoms with Crippen molar-refractivity contribution >= 4 is 23.6 Å². The molecule has 0 saturated heterocycles. The molecule has 0 saturated carbocycles. The monoisotopic (exact) mass is 406 g/mol. The first kappa shape index (κ1) is 19.5. The highest BCUT2D eigenvalue weighted by Gasteiger charge is 2.14. The fraction of sp³-hybridized carbons (Fsp3) is 0.0556. The van der Waals surface area contributed by atoms with E-state index in [4.69, 9.17) is 0 Å². The summed E-state index contributed by atoms with van der Waals surface area (Å²) in [4.78, 5) is 28.0. The van der Waals surface area contributed by atoms with Crippen LogP contribution in [0.2, 0.25) is 0 Å². The van der Waals surface area contributed by atoms with Gasteiger partial charge in [0.25, 0.3) is 5.91 Å². The zero-order valence-electron chi connectivity index (χ0n) is 14.2. The Hall–Kier alpha value is -3.27. The van der Waals surface area contributed by atoms with Crippen LogP contribution in [0.5, 0.6) is 0 Å². The molecular formula is C18H13F3N4O2S. The maximum Gasteiger partial charge on any atom is 0.288 e. The number of thioether (sulfide) groups is 1. The molecule has 2 N–H and O–H groups in total. The van der Waals surface area contributed by atoms with Gasteiger partial charge in [-0.15, -0.1) is 11.8 Å². The van der Waals surface area contributed by atoms with Crippen molar-refractivity contribution in [3.05, 3.63) is 78.1 Å². The number of rotatable bonds is 5. The fourth-order valence-electron chi connectivity index (χ4n) is 2.23. The van der Waals surface area contributed by atoms with E-state index < -0.39 is 29.3 Å². The number of carbonyl (C=O) groups is 2. The molecule has 28 heavy (non-hydrogen) atoms.